The molecule has 1 aromatic carbocycles. The van der Waals surface area contributed by atoms with Gasteiger partial charge in [0, 0.05) is 6.54 Å². The van der Waals surface area contributed by atoms with E-state index >= 15 is 0 Å². The predicted octanol–water partition coefficient (Wildman–Crippen LogP) is 2.22. The van der Waals surface area contributed by atoms with Crippen molar-refractivity contribution in [3.8, 4) is 0 Å². The van der Waals surface area contributed by atoms with Crippen LogP contribution < -0.4 is 5.32 Å². The van der Waals surface area contributed by atoms with Crippen LogP contribution in [0.4, 0.5) is 10.1 Å². The Hall–Kier alpha value is -2.26. The van der Waals surface area contributed by atoms with Crippen LogP contribution in [0.3, 0.4) is 0 Å². The molecule has 7 nitrogen and oxygen atoms in total. The number of benzene rings is 1. The van der Waals surface area contributed by atoms with Gasteiger partial charge in [-0.3, -0.25) is 4.79 Å². The van der Waals surface area contributed by atoms with Crippen LogP contribution >= 0.6 is 0 Å². The second kappa shape index (κ2) is 6.57. The van der Waals surface area contributed by atoms with Crippen LogP contribution in [0.1, 0.15) is 24.3 Å². The van der Waals surface area contributed by atoms with Crippen molar-refractivity contribution in [1.82, 2.24) is 9.46 Å². The number of amides is 1. The van der Waals surface area contributed by atoms with Crippen molar-refractivity contribution in [2.24, 2.45) is 0 Å². The van der Waals surface area contributed by atoms with E-state index in [0.29, 0.717) is 12.8 Å². The highest BCUT2D eigenvalue weighted by atomic mass is 32.2. The van der Waals surface area contributed by atoms with Crippen LogP contribution in [-0.4, -0.2) is 36.4 Å². The van der Waals surface area contributed by atoms with Crippen LogP contribution in [0, 0.1) is 19.7 Å². The predicted molar refractivity (Wildman–Crippen MR) is 87.9 cm³/mol. The molecule has 0 saturated carbocycles. The molecular weight excluding hydrogens is 349 g/mol. The molecule has 1 aliphatic rings. The number of nitrogens with one attached hydrogen (secondary N) is 1. The molecule has 134 valence electrons. The first kappa shape index (κ1) is 17.6. The van der Waals surface area contributed by atoms with Crippen molar-refractivity contribution in [2.45, 2.75) is 37.6 Å². The molecule has 25 heavy (non-hydrogen) atoms. The average molecular weight is 367 g/mol. The van der Waals surface area contributed by atoms with Gasteiger partial charge in [0.2, 0.25) is 15.9 Å². The van der Waals surface area contributed by atoms with Crippen molar-refractivity contribution in [3.05, 3.63) is 41.5 Å². The maximum absolute atomic E-state index is 13.7. The fourth-order valence-corrected chi connectivity index (χ4v) is 4.98. The molecule has 0 bridgehead atoms. The summed E-state index contributed by atoms with van der Waals surface area (Å²) >= 11 is 0. The van der Waals surface area contributed by atoms with Crippen LogP contribution in [-0.2, 0) is 14.8 Å². The lowest BCUT2D eigenvalue weighted by molar-refractivity contribution is -0.119. The first-order valence-electron chi connectivity index (χ1n) is 7.82. The standard InChI is InChI=1S/C16H18FN3O4S/c1-10-15(11(2)24-19-10)25(22,23)20-9-5-8-14(20)16(21)18-13-7-4-3-6-12(13)17/h3-4,6-7,14H,5,8-9H2,1-2H3,(H,18,21)/t14-/m0/s1. The van der Waals surface area contributed by atoms with Gasteiger partial charge in [0.15, 0.2) is 5.76 Å². The number of carbonyl (C=O) groups excluding carboxylic acids is 1. The van der Waals surface area contributed by atoms with E-state index in [9.17, 15) is 17.6 Å². The molecule has 0 spiro atoms. The highest BCUT2D eigenvalue weighted by Gasteiger charge is 2.42. The molecule has 1 amide bonds. The number of carbonyl (C=O) groups is 1. The summed E-state index contributed by atoms with van der Waals surface area (Å²) in [5.74, 6) is -0.954. The van der Waals surface area contributed by atoms with Crippen LogP contribution in [0.25, 0.3) is 0 Å². The minimum atomic E-state index is -3.93. The van der Waals surface area contributed by atoms with Crippen molar-refractivity contribution in [3.63, 3.8) is 0 Å². The topological polar surface area (TPSA) is 92.5 Å². The van der Waals surface area contributed by atoms with E-state index in [1.165, 1.54) is 32.0 Å². The van der Waals surface area contributed by atoms with Crippen molar-refractivity contribution >= 4 is 21.6 Å². The number of para-hydroxylation sites is 1. The van der Waals surface area contributed by atoms with Crippen molar-refractivity contribution < 1.29 is 22.1 Å². The Balaban J connectivity index is 1.88. The zero-order valence-electron chi connectivity index (χ0n) is 13.8. The van der Waals surface area contributed by atoms with Crippen LogP contribution in [0.2, 0.25) is 0 Å². The molecule has 1 N–H and O–H groups in total. The lowest BCUT2D eigenvalue weighted by Gasteiger charge is -2.23. The molecule has 3 rings (SSSR count). The van der Waals surface area contributed by atoms with Gasteiger partial charge in [-0.05, 0) is 38.8 Å². The van der Waals surface area contributed by atoms with Gasteiger partial charge < -0.3 is 9.84 Å². The first-order chi connectivity index (χ1) is 11.8. The number of sulfonamides is 1. The molecular formula is C16H18FN3O4S. The summed E-state index contributed by atoms with van der Waals surface area (Å²) in [4.78, 5) is 12.5. The summed E-state index contributed by atoms with van der Waals surface area (Å²) in [7, 11) is -3.93. The third kappa shape index (κ3) is 3.16. The van der Waals surface area contributed by atoms with Gasteiger partial charge in [-0.2, -0.15) is 4.31 Å². The van der Waals surface area contributed by atoms with Crippen LogP contribution in [0.15, 0.2) is 33.7 Å². The third-order valence-corrected chi connectivity index (χ3v) is 6.33. The fourth-order valence-electron chi connectivity index (χ4n) is 3.03. The number of anilines is 1. The summed E-state index contributed by atoms with van der Waals surface area (Å²) in [6.45, 7) is 3.26. The van der Waals surface area contributed by atoms with Gasteiger partial charge in [0.1, 0.15) is 22.4 Å². The quantitative estimate of drug-likeness (QED) is 0.894. The Morgan fingerprint density at radius 2 is 2.08 bits per heavy atom. The number of hydrogen-bond acceptors (Lipinski definition) is 5. The third-order valence-electron chi connectivity index (χ3n) is 4.17. The zero-order chi connectivity index (χ0) is 18.2. The number of hydrogen-bond donors (Lipinski definition) is 1. The number of aryl methyl sites for hydroxylation is 2. The summed E-state index contributed by atoms with van der Waals surface area (Å²) in [6, 6.07) is 4.84. The minimum Gasteiger partial charge on any atom is -0.360 e. The minimum absolute atomic E-state index is 0.0157. The average Bonchev–Trinajstić information content (AvgIpc) is 3.17. The maximum atomic E-state index is 13.7. The van der Waals surface area contributed by atoms with E-state index in [4.69, 9.17) is 4.52 Å². The van der Waals surface area contributed by atoms with E-state index in [1.807, 2.05) is 0 Å². The normalized spacial score (nSPS) is 18.4. The lowest BCUT2D eigenvalue weighted by atomic mass is 10.2. The van der Waals surface area contributed by atoms with E-state index in [2.05, 4.69) is 10.5 Å². The Morgan fingerprint density at radius 1 is 1.36 bits per heavy atom. The Bertz CT molecular complexity index is 890. The highest BCUT2D eigenvalue weighted by molar-refractivity contribution is 7.89. The van der Waals surface area contributed by atoms with Crippen LogP contribution in [0.5, 0.6) is 0 Å². The molecule has 1 aromatic heterocycles. The summed E-state index contributed by atoms with van der Waals surface area (Å²) in [5, 5.41) is 6.14. The van der Waals surface area contributed by atoms with Gasteiger partial charge in [-0.15, -0.1) is 0 Å². The van der Waals surface area contributed by atoms with Gasteiger partial charge in [-0.1, -0.05) is 17.3 Å². The molecule has 9 heteroatoms. The molecule has 1 fully saturated rings. The molecule has 1 aliphatic heterocycles. The summed E-state index contributed by atoms with van der Waals surface area (Å²) in [5.41, 5.74) is 0.270. The van der Waals surface area contributed by atoms with E-state index in [0.717, 1.165) is 4.31 Å². The number of rotatable bonds is 4. The first-order valence-corrected chi connectivity index (χ1v) is 9.26. The van der Waals surface area contributed by atoms with E-state index in [1.54, 1.807) is 6.07 Å². The molecule has 2 heterocycles. The van der Waals surface area contributed by atoms with E-state index in [-0.39, 0.29) is 28.6 Å². The Morgan fingerprint density at radius 3 is 2.72 bits per heavy atom. The van der Waals surface area contributed by atoms with Crippen molar-refractivity contribution in [1.29, 1.82) is 0 Å². The second-order valence-electron chi connectivity index (χ2n) is 5.90. The largest absolute Gasteiger partial charge is 0.360 e. The van der Waals surface area contributed by atoms with Gasteiger partial charge in [0.05, 0.1) is 5.69 Å². The molecule has 0 radical (unpaired) electrons. The number of aromatic nitrogens is 1. The maximum Gasteiger partial charge on any atom is 0.249 e. The van der Waals surface area contributed by atoms with E-state index < -0.39 is 27.8 Å². The van der Waals surface area contributed by atoms with Gasteiger partial charge >= 0.3 is 0 Å². The zero-order valence-corrected chi connectivity index (χ0v) is 14.6. The fraction of sp³-hybridized carbons (Fsp3) is 0.375. The molecule has 0 aliphatic carbocycles. The molecule has 0 unspecified atom stereocenters. The smallest absolute Gasteiger partial charge is 0.249 e. The Kier molecular flexibility index (Phi) is 4.61. The SMILES string of the molecule is Cc1noc(C)c1S(=O)(=O)N1CCC[C@H]1C(=O)Nc1ccccc1F. The molecule has 1 atom stereocenters. The lowest BCUT2D eigenvalue weighted by Crippen LogP contribution is -2.43. The molecule has 1 saturated heterocycles. The van der Waals surface area contributed by atoms with Gasteiger partial charge in [-0.25, -0.2) is 12.8 Å². The van der Waals surface area contributed by atoms with Crippen molar-refractivity contribution in [2.75, 3.05) is 11.9 Å². The Labute approximate surface area is 144 Å². The number of halogens is 1. The second-order valence-corrected chi connectivity index (χ2v) is 7.72. The number of nitrogens with zero attached hydrogens (tertiary/aromatic N) is 2. The highest BCUT2D eigenvalue weighted by Crippen LogP contribution is 2.30. The molecule has 2 aromatic rings. The summed E-state index contributed by atoms with van der Waals surface area (Å²) < 4.78 is 45.7. The summed E-state index contributed by atoms with van der Waals surface area (Å²) in [6.07, 6.45) is 0.904. The van der Waals surface area contributed by atoms with Gasteiger partial charge in [0.25, 0.3) is 0 Å². The monoisotopic (exact) mass is 367 g/mol.